The van der Waals surface area contributed by atoms with Gasteiger partial charge in [0.2, 0.25) is 0 Å². The van der Waals surface area contributed by atoms with Crippen LogP contribution >= 0.6 is 11.6 Å². The minimum absolute atomic E-state index is 0.641. The van der Waals surface area contributed by atoms with Crippen LogP contribution in [0.15, 0.2) is 30.6 Å². The monoisotopic (exact) mass is 207 g/mol. The van der Waals surface area contributed by atoms with Crippen molar-refractivity contribution >= 4 is 17.3 Å². The molecule has 0 radical (unpaired) electrons. The lowest BCUT2D eigenvalue weighted by Crippen LogP contribution is -1.96. The maximum Gasteiger partial charge on any atom is 0.0852 e. The molecule has 2 rings (SSSR count). The first-order chi connectivity index (χ1) is 6.66. The Morgan fingerprint density at radius 1 is 1.43 bits per heavy atom. The molecule has 0 aliphatic heterocycles. The predicted octanol–water partition coefficient (Wildman–Crippen LogP) is 2.42. The molecule has 0 saturated carbocycles. The summed E-state index contributed by atoms with van der Waals surface area (Å²) in [6, 6.07) is 5.33. The van der Waals surface area contributed by atoms with Gasteiger partial charge in [0.05, 0.1) is 16.9 Å². The van der Waals surface area contributed by atoms with Crippen LogP contribution < -0.4 is 5.73 Å². The maximum absolute atomic E-state index is 6.02. The van der Waals surface area contributed by atoms with Crippen molar-refractivity contribution in [2.45, 2.75) is 6.92 Å². The van der Waals surface area contributed by atoms with Crippen molar-refractivity contribution in [2.24, 2.45) is 0 Å². The molecular formula is C10H10ClN3. The number of benzene rings is 1. The van der Waals surface area contributed by atoms with Gasteiger partial charge in [0.25, 0.3) is 0 Å². The van der Waals surface area contributed by atoms with E-state index in [-0.39, 0.29) is 0 Å². The van der Waals surface area contributed by atoms with E-state index in [0.29, 0.717) is 10.7 Å². The summed E-state index contributed by atoms with van der Waals surface area (Å²) in [6.07, 6.45) is 3.68. The molecule has 2 N–H and O–H groups in total. The summed E-state index contributed by atoms with van der Waals surface area (Å²) in [6.45, 7) is 1.98. The van der Waals surface area contributed by atoms with E-state index in [1.54, 1.807) is 29.1 Å². The second-order valence-corrected chi connectivity index (χ2v) is 3.58. The van der Waals surface area contributed by atoms with Crippen LogP contribution in [-0.4, -0.2) is 9.78 Å². The second-order valence-electron chi connectivity index (χ2n) is 3.17. The third-order valence-electron chi connectivity index (χ3n) is 1.93. The van der Waals surface area contributed by atoms with Crippen molar-refractivity contribution in [2.75, 3.05) is 5.73 Å². The van der Waals surface area contributed by atoms with Gasteiger partial charge in [0.1, 0.15) is 0 Å². The van der Waals surface area contributed by atoms with E-state index in [0.717, 1.165) is 11.3 Å². The molecule has 0 spiro atoms. The Morgan fingerprint density at radius 3 is 2.86 bits per heavy atom. The zero-order valence-corrected chi connectivity index (χ0v) is 8.49. The van der Waals surface area contributed by atoms with Crippen LogP contribution in [0.25, 0.3) is 5.69 Å². The van der Waals surface area contributed by atoms with Crippen molar-refractivity contribution in [1.82, 2.24) is 9.78 Å². The highest BCUT2D eigenvalue weighted by Gasteiger charge is 2.03. The van der Waals surface area contributed by atoms with Crippen molar-refractivity contribution in [3.63, 3.8) is 0 Å². The molecule has 4 heteroatoms. The fourth-order valence-corrected chi connectivity index (χ4v) is 1.45. The number of halogens is 1. The Labute approximate surface area is 87.1 Å². The zero-order valence-electron chi connectivity index (χ0n) is 7.74. The highest BCUT2D eigenvalue weighted by atomic mass is 35.5. The normalized spacial score (nSPS) is 10.4. The Bertz CT molecular complexity index is 462. The highest BCUT2D eigenvalue weighted by molar-refractivity contribution is 6.32. The molecule has 72 valence electrons. The summed E-state index contributed by atoms with van der Waals surface area (Å²) in [4.78, 5) is 0. The fourth-order valence-electron chi connectivity index (χ4n) is 1.25. The van der Waals surface area contributed by atoms with Gasteiger partial charge >= 0.3 is 0 Å². The first-order valence-corrected chi connectivity index (χ1v) is 4.61. The van der Waals surface area contributed by atoms with Crippen molar-refractivity contribution < 1.29 is 0 Å². The molecular weight excluding hydrogens is 198 g/mol. The van der Waals surface area contributed by atoms with Crippen molar-refractivity contribution in [1.29, 1.82) is 0 Å². The molecule has 3 nitrogen and oxygen atoms in total. The van der Waals surface area contributed by atoms with E-state index in [9.17, 15) is 0 Å². The molecule has 1 heterocycles. The Hall–Kier alpha value is -1.48. The van der Waals surface area contributed by atoms with Crippen LogP contribution in [0, 0.1) is 6.92 Å². The first-order valence-electron chi connectivity index (χ1n) is 4.23. The lowest BCUT2D eigenvalue weighted by molar-refractivity contribution is 0.881. The van der Waals surface area contributed by atoms with Crippen LogP contribution in [-0.2, 0) is 0 Å². The quantitative estimate of drug-likeness (QED) is 0.730. The molecule has 2 aromatic rings. The molecule has 0 unspecified atom stereocenters. The molecule has 0 amide bonds. The fraction of sp³-hybridized carbons (Fsp3) is 0.100. The van der Waals surface area contributed by atoms with Gasteiger partial charge in [-0.25, -0.2) is 4.68 Å². The van der Waals surface area contributed by atoms with Gasteiger partial charge in [-0.1, -0.05) is 11.6 Å². The van der Waals surface area contributed by atoms with E-state index >= 15 is 0 Å². The molecule has 0 atom stereocenters. The summed E-state index contributed by atoms with van der Waals surface area (Å²) < 4.78 is 1.72. The third kappa shape index (κ3) is 1.59. The second kappa shape index (κ2) is 3.35. The van der Waals surface area contributed by atoms with Crippen LogP contribution in [0.4, 0.5) is 5.69 Å². The van der Waals surface area contributed by atoms with E-state index < -0.39 is 0 Å². The number of nitrogen functional groups attached to an aromatic ring is 1. The summed E-state index contributed by atoms with van der Waals surface area (Å²) >= 11 is 6.02. The Morgan fingerprint density at radius 2 is 2.21 bits per heavy atom. The molecule has 14 heavy (non-hydrogen) atoms. The smallest absolute Gasteiger partial charge is 0.0852 e. The average molecular weight is 208 g/mol. The SMILES string of the molecule is Cc1cnn(-c2cc(N)ccc2Cl)c1. The Kier molecular flexibility index (Phi) is 2.17. The topological polar surface area (TPSA) is 43.8 Å². The van der Waals surface area contributed by atoms with Gasteiger partial charge in [0.15, 0.2) is 0 Å². The summed E-state index contributed by atoms with van der Waals surface area (Å²) in [5.74, 6) is 0. The largest absolute Gasteiger partial charge is 0.399 e. The number of hydrogen-bond acceptors (Lipinski definition) is 2. The van der Waals surface area contributed by atoms with Gasteiger partial charge in [-0.2, -0.15) is 5.10 Å². The van der Waals surface area contributed by atoms with Crippen molar-refractivity contribution in [3.8, 4) is 5.69 Å². The summed E-state index contributed by atoms with van der Waals surface area (Å²) in [7, 11) is 0. The van der Waals surface area contributed by atoms with Crippen LogP contribution in [0.2, 0.25) is 5.02 Å². The molecule has 1 aromatic heterocycles. The number of anilines is 1. The van der Waals surface area contributed by atoms with Gasteiger partial charge in [-0.15, -0.1) is 0 Å². The number of nitrogens with two attached hydrogens (primary N) is 1. The number of aromatic nitrogens is 2. The lowest BCUT2D eigenvalue weighted by atomic mass is 10.3. The number of hydrogen-bond donors (Lipinski definition) is 1. The zero-order chi connectivity index (χ0) is 10.1. The van der Waals surface area contributed by atoms with Gasteiger partial charge < -0.3 is 5.73 Å². The van der Waals surface area contributed by atoms with Gasteiger partial charge in [-0.05, 0) is 30.7 Å². The minimum atomic E-state index is 0.641. The van der Waals surface area contributed by atoms with E-state index in [4.69, 9.17) is 17.3 Å². The van der Waals surface area contributed by atoms with Crippen LogP contribution in [0.3, 0.4) is 0 Å². The molecule has 0 bridgehead atoms. The van der Waals surface area contributed by atoms with Crippen molar-refractivity contribution in [3.05, 3.63) is 41.2 Å². The maximum atomic E-state index is 6.02. The van der Waals surface area contributed by atoms with E-state index in [2.05, 4.69) is 5.10 Å². The molecule has 0 fully saturated rings. The number of aryl methyl sites for hydroxylation is 1. The van der Waals surface area contributed by atoms with Crippen LogP contribution in [0.5, 0.6) is 0 Å². The minimum Gasteiger partial charge on any atom is -0.399 e. The Balaban J connectivity index is 2.55. The van der Waals surface area contributed by atoms with E-state index in [1.165, 1.54) is 0 Å². The average Bonchev–Trinajstić information content (AvgIpc) is 2.56. The van der Waals surface area contributed by atoms with Crippen LogP contribution in [0.1, 0.15) is 5.56 Å². The standard InChI is InChI=1S/C10H10ClN3/c1-7-5-13-14(6-7)10-4-8(12)2-3-9(10)11/h2-6H,12H2,1H3. The van der Waals surface area contributed by atoms with E-state index in [1.807, 2.05) is 13.1 Å². The lowest BCUT2D eigenvalue weighted by Gasteiger charge is -2.04. The summed E-state index contributed by atoms with van der Waals surface area (Å²) in [5.41, 5.74) is 8.24. The number of rotatable bonds is 1. The van der Waals surface area contributed by atoms with Gasteiger partial charge in [-0.3, -0.25) is 0 Å². The predicted molar refractivity (Wildman–Crippen MR) is 57.7 cm³/mol. The first kappa shape index (κ1) is 9.09. The highest BCUT2D eigenvalue weighted by Crippen LogP contribution is 2.22. The number of nitrogens with zero attached hydrogens (tertiary/aromatic N) is 2. The summed E-state index contributed by atoms with van der Waals surface area (Å²) in [5, 5.41) is 4.81. The molecule has 0 aliphatic carbocycles. The van der Waals surface area contributed by atoms with Gasteiger partial charge in [0, 0.05) is 11.9 Å². The third-order valence-corrected chi connectivity index (χ3v) is 2.25. The molecule has 0 saturated heterocycles. The molecule has 1 aromatic carbocycles. The molecule has 0 aliphatic rings.